The lowest BCUT2D eigenvalue weighted by molar-refractivity contribution is -0.185. The molecule has 0 saturated carbocycles. The number of aryl methyl sites for hydroxylation is 1. The van der Waals surface area contributed by atoms with Crippen molar-refractivity contribution in [2.45, 2.75) is 19.2 Å². The van der Waals surface area contributed by atoms with Gasteiger partial charge in [0.15, 0.2) is 11.6 Å². The molecule has 174 valence electrons. The van der Waals surface area contributed by atoms with Crippen LogP contribution in [0.3, 0.4) is 0 Å². The van der Waals surface area contributed by atoms with Crippen molar-refractivity contribution in [1.29, 1.82) is 0 Å². The Morgan fingerprint density at radius 1 is 0.758 bits per heavy atom. The third-order valence-electron chi connectivity index (χ3n) is 4.54. The quantitative estimate of drug-likeness (QED) is 0.340. The van der Waals surface area contributed by atoms with Crippen LogP contribution in [-0.4, -0.2) is 6.18 Å². The summed E-state index contributed by atoms with van der Waals surface area (Å²) >= 11 is 0. The minimum Gasteiger partial charge on any atom is -0.429 e. The molecule has 3 aromatic carbocycles. The molecular formula is C23H13F9O. The molecular weight excluding hydrogens is 463 g/mol. The average Bonchev–Trinajstić information content (AvgIpc) is 2.70. The van der Waals surface area contributed by atoms with Gasteiger partial charge in [-0.15, -0.1) is 0 Å². The molecule has 1 nitrogen and oxygen atoms in total. The molecule has 33 heavy (non-hydrogen) atoms. The lowest BCUT2D eigenvalue weighted by atomic mass is 10.0. The van der Waals surface area contributed by atoms with Gasteiger partial charge in [0.2, 0.25) is 0 Å². The number of allylic oxidation sites excluding steroid dienone is 1. The summed E-state index contributed by atoms with van der Waals surface area (Å²) < 4.78 is 126. The van der Waals surface area contributed by atoms with Crippen LogP contribution in [0.25, 0.3) is 17.2 Å². The molecule has 0 N–H and O–H groups in total. The summed E-state index contributed by atoms with van der Waals surface area (Å²) in [6.45, 7) is 1.36. The van der Waals surface area contributed by atoms with Gasteiger partial charge in [0.05, 0.1) is 5.56 Å². The molecule has 0 amide bonds. The maximum absolute atomic E-state index is 14.5. The molecule has 10 heteroatoms. The summed E-state index contributed by atoms with van der Waals surface area (Å²) in [6, 6.07) is 7.06. The lowest BCUT2D eigenvalue weighted by Crippen LogP contribution is -2.22. The van der Waals surface area contributed by atoms with Crippen molar-refractivity contribution in [2.75, 3.05) is 0 Å². The van der Waals surface area contributed by atoms with Crippen LogP contribution in [0.4, 0.5) is 39.5 Å². The Bertz CT molecular complexity index is 1170. The summed E-state index contributed by atoms with van der Waals surface area (Å²) in [5, 5.41) is 0. The Kier molecular flexibility index (Phi) is 6.49. The normalized spacial score (nSPS) is 12.4. The van der Waals surface area contributed by atoms with Gasteiger partial charge in [-0.2, -0.15) is 22.0 Å². The highest BCUT2D eigenvalue weighted by molar-refractivity contribution is 5.65. The fourth-order valence-corrected chi connectivity index (χ4v) is 2.88. The Hall–Kier alpha value is -3.43. The van der Waals surface area contributed by atoms with Crippen LogP contribution in [0.15, 0.2) is 54.6 Å². The molecule has 0 aromatic heterocycles. The highest BCUT2D eigenvalue weighted by atomic mass is 19.4. The third kappa shape index (κ3) is 5.50. The molecule has 0 spiro atoms. The maximum atomic E-state index is 14.5. The Morgan fingerprint density at radius 2 is 1.33 bits per heavy atom. The van der Waals surface area contributed by atoms with Gasteiger partial charge < -0.3 is 4.74 Å². The number of hydrogen-bond acceptors (Lipinski definition) is 1. The van der Waals surface area contributed by atoms with E-state index in [-0.39, 0.29) is 22.8 Å². The van der Waals surface area contributed by atoms with E-state index in [4.69, 9.17) is 0 Å². The van der Waals surface area contributed by atoms with Crippen LogP contribution in [-0.2, 0) is 6.11 Å². The standard InChI is InChI=1S/C23H13F9O/c1-12-2-7-16(21(27)20(12)26)13-3-5-14(6-4-13)23(31,32)33-15-10-18(24)17(19(25)11-15)8-9-22(28,29)30/h2-11H,1H3/b9-8+. The van der Waals surface area contributed by atoms with Crippen LogP contribution >= 0.6 is 0 Å². The molecule has 0 atom stereocenters. The second kappa shape index (κ2) is 8.84. The highest BCUT2D eigenvalue weighted by Crippen LogP contribution is 2.35. The van der Waals surface area contributed by atoms with Gasteiger partial charge in [0, 0.05) is 29.3 Å². The first kappa shape index (κ1) is 24.2. The fourth-order valence-electron chi connectivity index (χ4n) is 2.88. The Labute approximate surface area is 181 Å². The predicted octanol–water partition coefficient (Wildman–Crippen LogP) is 7.92. The molecule has 0 bridgehead atoms. The first-order valence-electron chi connectivity index (χ1n) is 9.16. The number of alkyl halides is 5. The van der Waals surface area contributed by atoms with Gasteiger partial charge in [-0.05, 0) is 36.3 Å². The van der Waals surface area contributed by atoms with Crippen molar-refractivity contribution in [3.8, 4) is 16.9 Å². The Morgan fingerprint density at radius 3 is 1.88 bits per heavy atom. The van der Waals surface area contributed by atoms with Crippen LogP contribution < -0.4 is 4.74 Å². The van der Waals surface area contributed by atoms with Crippen molar-refractivity contribution in [3.05, 3.63) is 94.6 Å². The smallest absolute Gasteiger partial charge is 0.426 e. The van der Waals surface area contributed by atoms with Gasteiger partial charge in [-0.3, -0.25) is 0 Å². The molecule has 3 aromatic rings. The molecule has 0 aliphatic heterocycles. The molecule has 0 fully saturated rings. The second-order valence-corrected chi connectivity index (χ2v) is 6.93. The van der Waals surface area contributed by atoms with E-state index in [0.717, 1.165) is 24.3 Å². The summed E-state index contributed by atoms with van der Waals surface area (Å²) in [5.74, 6) is -6.31. The second-order valence-electron chi connectivity index (χ2n) is 6.93. The monoisotopic (exact) mass is 476 g/mol. The van der Waals surface area contributed by atoms with E-state index in [0.29, 0.717) is 12.1 Å². The summed E-state index contributed by atoms with van der Waals surface area (Å²) in [4.78, 5) is 0. The first-order valence-corrected chi connectivity index (χ1v) is 9.16. The van der Waals surface area contributed by atoms with Crippen LogP contribution in [0.5, 0.6) is 5.75 Å². The summed E-state index contributed by atoms with van der Waals surface area (Å²) in [7, 11) is 0. The van der Waals surface area contributed by atoms with Crippen molar-refractivity contribution in [1.82, 2.24) is 0 Å². The number of hydrogen-bond donors (Lipinski definition) is 0. The third-order valence-corrected chi connectivity index (χ3v) is 4.54. The first-order chi connectivity index (χ1) is 15.3. The average molecular weight is 476 g/mol. The van der Waals surface area contributed by atoms with E-state index >= 15 is 0 Å². The molecule has 0 aliphatic carbocycles. The molecule has 0 radical (unpaired) electrons. The zero-order valence-electron chi connectivity index (χ0n) is 16.6. The maximum Gasteiger partial charge on any atom is 0.426 e. The minimum atomic E-state index is -4.83. The highest BCUT2D eigenvalue weighted by Gasteiger charge is 2.35. The summed E-state index contributed by atoms with van der Waals surface area (Å²) in [5.41, 5.74) is -1.88. The summed E-state index contributed by atoms with van der Waals surface area (Å²) in [6.07, 6.45) is -9.23. The van der Waals surface area contributed by atoms with Gasteiger partial charge in [0.1, 0.15) is 17.4 Å². The molecule has 0 saturated heterocycles. The van der Waals surface area contributed by atoms with Gasteiger partial charge in [-0.25, -0.2) is 17.6 Å². The van der Waals surface area contributed by atoms with E-state index in [9.17, 15) is 39.5 Å². The largest absolute Gasteiger partial charge is 0.429 e. The minimum absolute atomic E-state index is 0.0622. The zero-order valence-corrected chi connectivity index (χ0v) is 16.6. The number of rotatable bonds is 5. The van der Waals surface area contributed by atoms with Crippen molar-refractivity contribution in [3.63, 3.8) is 0 Å². The predicted molar refractivity (Wildman–Crippen MR) is 103 cm³/mol. The number of halogens is 9. The molecule has 3 rings (SSSR count). The number of ether oxygens (including phenoxy) is 1. The SMILES string of the molecule is Cc1ccc(-c2ccc(C(F)(F)Oc3cc(F)c(/C=C/C(F)(F)F)c(F)c3)cc2)c(F)c1F. The topological polar surface area (TPSA) is 9.23 Å². The van der Waals surface area contributed by atoms with Gasteiger partial charge in [0.25, 0.3) is 0 Å². The van der Waals surface area contributed by atoms with Gasteiger partial charge >= 0.3 is 12.3 Å². The van der Waals surface area contributed by atoms with Gasteiger partial charge in [-0.1, -0.05) is 24.3 Å². The van der Waals surface area contributed by atoms with E-state index in [1.54, 1.807) is 0 Å². The Balaban J connectivity index is 1.85. The lowest BCUT2D eigenvalue weighted by Gasteiger charge is -2.19. The van der Waals surface area contributed by atoms with E-state index in [2.05, 4.69) is 4.74 Å². The fraction of sp³-hybridized carbons (Fsp3) is 0.130. The van der Waals surface area contributed by atoms with E-state index in [1.807, 2.05) is 0 Å². The number of benzene rings is 3. The van der Waals surface area contributed by atoms with Crippen LogP contribution in [0, 0.1) is 30.2 Å². The molecule has 0 heterocycles. The van der Waals surface area contributed by atoms with Crippen molar-refractivity contribution in [2.24, 2.45) is 0 Å². The van der Waals surface area contributed by atoms with Crippen molar-refractivity contribution < 1.29 is 44.3 Å². The van der Waals surface area contributed by atoms with Crippen LogP contribution in [0.2, 0.25) is 0 Å². The van der Waals surface area contributed by atoms with E-state index in [1.165, 1.54) is 19.1 Å². The van der Waals surface area contributed by atoms with Crippen LogP contribution in [0.1, 0.15) is 16.7 Å². The van der Waals surface area contributed by atoms with Crippen molar-refractivity contribution >= 4 is 6.08 Å². The van der Waals surface area contributed by atoms with E-state index < -0.39 is 58.5 Å². The molecule has 0 aliphatic rings. The zero-order chi connectivity index (χ0) is 24.6. The molecule has 0 unspecified atom stereocenters.